The number of benzene rings is 3. The number of urea groups is 1. The second kappa shape index (κ2) is 10.5. The largest absolute Gasteiger partial charge is 0.496 e. The minimum absolute atomic E-state index is 0.131. The van der Waals surface area contributed by atoms with Gasteiger partial charge >= 0.3 is 6.03 Å². The molecule has 5 rings (SSSR count). The molecule has 40 heavy (non-hydrogen) atoms. The fourth-order valence-corrected chi connectivity index (χ4v) is 5.54. The molecule has 0 saturated carbocycles. The Hall–Kier alpha value is -4.65. The average Bonchev–Trinajstić information content (AvgIpc) is 2.94. The molecule has 4 amide bonds. The Morgan fingerprint density at radius 1 is 0.850 bits per heavy atom. The lowest BCUT2D eigenvalue weighted by Gasteiger charge is -2.43. The molecule has 1 saturated heterocycles. The van der Waals surface area contributed by atoms with Gasteiger partial charge in [-0.2, -0.15) is 0 Å². The number of hydrogen-bond acceptors (Lipinski definition) is 5. The van der Waals surface area contributed by atoms with E-state index in [-0.39, 0.29) is 11.1 Å². The van der Waals surface area contributed by atoms with Gasteiger partial charge in [0, 0.05) is 29.4 Å². The van der Waals surface area contributed by atoms with Crippen LogP contribution in [0, 0.1) is 0 Å². The summed E-state index contributed by atoms with van der Waals surface area (Å²) in [5, 5.41) is 0. The lowest BCUT2D eigenvalue weighted by Crippen LogP contribution is -2.57. The summed E-state index contributed by atoms with van der Waals surface area (Å²) in [4.78, 5) is 45.7. The first-order valence-corrected chi connectivity index (χ1v) is 13.4. The number of fused-ring (bicyclic) bond motifs is 1. The number of rotatable bonds is 6. The van der Waals surface area contributed by atoms with E-state index in [0.29, 0.717) is 22.7 Å². The van der Waals surface area contributed by atoms with Gasteiger partial charge < -0.3 is 9.64 Å². The second-order valence-corrected chi connectivity index (χ2v) is 10.5. The van der Waals surface area contributed by atoms with Crippen molar-refractivity contribution in [2.45, 2.75) is 39.7 Å². The Labute approximate surface area is 235 Å². The van der Waals surface area contributed by atoms with Gasteiger partial charge in [0.15, 0.2) is 0 Å². The van der Waals surface area contributed by atoms with Crippen LogP contribution in [0.2, 0.25) is 0 Å². The third-order valence-corrected chi connectivity index (χ3v) is 7.35. The van der Waals surface area contributed by atoms with Crippen LogP contribution in [0.15, 0.2) is 84.4 Å². The smallest absolute Gasteiger partial charge is 0.343 e. The summed E-state index contributed by atoms with van der Waals surface area (Å²) in [5.74, 6) is -0.837. The number of allylic oxidation sites excluding steroid dienone is 1. The molecule has 1 fully saturated rings. The van der Waals surface area contributed by atoms with Crippen molar-refractivity contribution in [3.05, 3.63) is 95.6 Å². The molecule has 0 bridgehead atoms. The van der Waals surface area contributed by atoms with E-state index in [9.17, 15) is 14.4 Å². The van der Waals surface area contributed by atoms with Crippen molar-refractivity contribution >= 4 is 46.6 Å². The van der Waals surface area contributed by atoms with Gasteiger partial charge in [-0.3, -0.25) is 9.59 Å². The third-order valence-electron chi connectivity index (χ3n) is 7.35. The molecule has 3 aromatic rings. The Bertz CT molecular complexity index is 1480. The molecule has 0 unspecified atom stereocenters. The molecule has 0 aliphatic carbocycles. The summed E-state index contributed by atoms with van der Waals surface area (Å²) < 4.78 is 5.79. The van der Waals surface area contributed by atoms with Crippen LogP contribution in [0.1, 0.15) is 45.2 Å². The molecule has 2 heterocycles. The van der Waals surface area contributed by atoms with Gasteiger partial charge in [-0.15, -0.1) is 0 Å². The van der Waals surface area contributed by atoms with Gasteiger partial charge in [0.05, 0.1) is 24.0 Å². The van der Waals surface area contributed by atoms with Crippen LogP contribution in [0.25, 0.3) is 11.6 Å². The van der Waals surface area contributed by atoms with E-state index in [1.807, 2.05) is 12.1 Å². The number of methoxy groups -OCH3 is 1. The number of hydrogen-bond donors (Lipinski definition) is 0. The van der Waals surface area contributed by atoms with Crippen molar-refractivity contribution in [3.63, 3.8) is 0 Å². The fraction of sp³-hybridized carbons (Fsp3) is 0.242. The molecule has 2 aliphatic heterocycles. The first kappa shape index (κ1) is 26.9. The number of anilines is 3. The predicted octanol–water partition coefficient (Wildman–Crippen LogP) is 6.69. The van der Waals surface area contributed by atoms with Gasteiger partial charge in [-0.05, 0) is 69.2 Å². The summed E-state index contributed by atoms with van der Waals surface area (Å²) in [6.07, 6.45) is 4.75. The van der Waals surface area contributed by atoms with Crippen molar-refractivity contribution in [1.29, 1.82) is 0 Å². The molecule has 7 nitrogen and oxygen atoms in total. The van der Waals surface area contributed by atoms with Crippen LogP contribution in [-0.2, 0) is 9.59 Å². The minimum atomic E-state index is -0.724. The van der Waals surface area contributed by atoms with Crippen LogP contribution in [0.5, 0.6) is 5.75 Å². The maximum atomic E-state index is 13.8. The quantitative estimate of drug-likeness (QED) is 0.260. The predicted molar refractivity (Wildman–Crippen MR) is 160 cm³/mol. The normalized spacial score (nSPS) is 16.6. The second-order valence-electron chi connectivity index (χ2n) is 10.5. The zero-order chi connectivity index (χ0) is 28.6. The zero-order valence-electron chi connectivity index (χ0n) is 23.5. The molecule has 7 heteroatoms. The number of carbonyl (C=O) groups is 3. The lowest BCUT2D eigenvalue weighted by atomic mass is 9.87. The zero-order valence-corrected chi connectivity index (χ0v) is 23.5. The van der Waals surface area contributed by atoms with Crippen LogP contribution < -0.4 is 19.4 Å². The first-order chi connectivity index (χ1) is 19.2. The van der Waals surface area contributed by atoms with Gasteiger partial charge in [0.25, 0.3) is 11.8 Å². The Kier molecular flexibility index (Phi) is 7.06. The topological polar surface area (TPSA) is 70.2 Å². The highest BCUT2D eigenvalue weighted by Gasteiger charge is 2.44. The summed E-state index contributed by atoms with van der Waals surface area (Å²) in [7, 11) is 1.57. The van der Waals surface area contributed by atoms with Crippen LogP contribution in [0.3, 0.4) is 0 Å². The van der Waals surface area contributed by atoms with E-state index in [2.05, 4.69) is 38.7 Å². The maximum absolute atomic E-state index is 13.8. The molecule has 0 spiro atoms. The molecule has 3 aromatic carbocycles. The number of barbiturate groups is 1. The van der Waals surface area contributed by atoms with Crippen molar-refractivity contribution in [2.24, 2.45) is 0 Å². The molecule has 2 aliphatic rings. The van der Waals surface area contributed by atoms with Gasteiger partial charge in [-0.1, -0.05) is 49.4 Å². The minimum Gasteiger partial charge on any atom is -0.496 e. The Morgan fingerprint density at radius 2 is 1.40 bits per heavy atom. The van der Waals surface area contributed by atoms with Crippen LogP contribution in [-0.4, -0.2) is 37.0 Å². The number of nitrogens with zero attached hydrogens (tertiary/aromatic N) is 3. The average molecular weight is 536 g/mol. The highest BCUT2D eigenvalue weighted by molar-refractivity contribution is 6.46. The molecule has 0 radical (unpaired) electrons. The van der Waals surface area contributed by atoms with E-state index in [1.54, 1.807) is 73.8 Å². The Morgan fingerprint density at radius 3 is 1.90 bits per heavy atom. The molecular formula is C33H33N3O4. The monoisotopic (exact) mass is 535 g/mol. The highest BCUT2D eigenvalue weighted by Crippen LogP contribution is 2.43. The first-order valence-electron chi connectivity index (χ1n) is 13.4. The van der Waals surface area contributed by atoms with Crippen LogP contribution >= 0.6 is 0 Å². The highest BCUT2D eigenvalue weighted by atomic mass is 16.5. The van der Waals surface area contributed by atoms with Crippen molar-refractivity contribution < 1.29 is 19.1 Å². The lowest BCUT2D eigenvalue weighted by molar-refractivity contribution is -0.121. The molecule has 0 aromatic heterocycles. The van der Waals surface area contributed by atoms with Crippen molar-refractivity contribution in [3.8, 4) is 5.75 Å². The van der Waals surface area contributed by atoms with E-state index < -0.39 is 17.8 Å². The van der Waals surface area contributed by atoms with E-state index in [4.69, 9.17) is 4.74 Å². The summed E-state index contributed by atoms with van der Waals surface area (Å²) in [5.41, 5.74) is 4.18. The van der Waals surface area contributed by atoms with Gasteiger partial charge in [0.2, 0.25) is 0 Å². The van der Waals surface area contributed by atoms with E-state index in [0.717, 1.165) is 39.6 Å². The summed E-state index contributed by atoms with van der Waals surface area (Å²) >= 11 is 0. The van der Waals surface area contributed by atoms with Crippen LogP contribution in [0.4, 0.5) is 21.9 Å². The number of amides is 4. The Balaban J connectivity index is 1.69. The number of carbonyl (C=O) groups excluding carboxylic acids is 3. The third kappa shape index (κ3) is 4.57. The van der Waals surface area contributed by atoms with E-state index >= 15 is 0 Å². The van der Waals surface area contributed by atoms with Gasteiger partial charge in [0.1, 0.15) is 11.3 Å². The standard InChI is InChI=1S/C33H33N3O4/c1-6-17-34-28-20-29(40-5)23(18-26(28)22(2)21-33(34,3)4)19-27-30(37)35(24-13-9-7-10-14-24)32(39)36(31(27)38)25-15-11-8-12-16-25/h7-16,18-21H,6,17H2,1-5H3. The molecule has 0 atom stereocenters. The van der Waals surface area contributed by atoms with Gasteiger partial charge in [-0.25, -0.2) is 14.6 Å². The number of imide groups is 2. The number of para-hydroxylation sites is 2. The number of ether oxygens (including phenoxy) is 1. The SMILES string of the molecule is CCCN1c2cc(OC)c(C=C3C(=O)N(c4ccccc4)C(=O)N(c4ccccc4)C3=O)cc2C(C)=CC1(C)C. The fourth-order valence-electron chi connectivity index (χ4n) is 5.54. The molecule has 204 valence electrons. The van der Waals surface area contributed by atoms with Crippen molar-refractivity contribution in [1.82, 2.24) is 0 Å². The molecular weight excluding hydrogens is 502 g/mol. The maximum Gasteiger partial charge on any atom is 0.343 e. The molecule has 0 N–H and O–H groups in total. The summed E-state index contributed by atoms with van der Waals surface area (Å²) in [6, 6.07) is 20.5. The summed E-state index contributed by atoms with van der Waals surface area (Å²) in [6.45, 7) is 9.45. The van der Waals surface area contributed by atoms with Crippen molar-refractivity contribution in [2.75, 3.05) is 28.4 Å². The van der Waals surface area contributed by atoms with E-state index in [1.165, 1.54) is 0 Å².